The fourth-order valence-electron chi connectivity index (χ4n) is 2.45. The van der Waals surface area contributed by atoms with Crippen molar-refractivity contribution in [1.82, 2.24) is 9.80 Å². The lowest BCUT2D eigenvalue weighted by molar-refractivity contribution is -0.143. The molecule has 1 N–H and O–H groups in total. The van der Waals surface area contributed by atoms with Crippen LogP contribution in [0.15, 0.2) is 0 Å². The first-order valence-corrected chi connectivity index (χ1v) is 7.27. The second-order valence-electron chi connectivity index (χ2n) is 5.42. The highest BCUT2D eigenvalue weighted by Gasteiger charge is 2.21. The second kappa shape index (κ2) is 8.15. The normalized spacial score (nSPS) is 17.5. The zero-order valence-corrected chi connectivity index (χ0v) is 12.1. The molecular weight excluding hydrogens is 244 g/mol. The molecule has 5 nitrogen and oxygen atoms in total. The van der Waals surface area contributed by atoms with Crippen LogP contribution in [0.2, 0.25) is 0 Å². The van der Waals surface area contributed by atoms with Gasteiger partial charge in [0.2, 0.25) is 5.91 Å². The van der Waals surface area contributed by atoms with Crippen LogP contribution in [0, 0.1) is 5.92 Å². The fraction of sp³-hybridized carbons (Fsp3) is 0.857. The highest BCUT2D eigenvalue weighted by Crippen LogP contribution is 2.10. The van der Waals surface area contributed by atoms with Crippen molar-refractivity contribution in [2.75, 3.05) is 32.7 Å². The molecule has 1 heterocycles. The number of piperidine rings is 1. The minimum absolute atomic E-state index is 0.144. The van der Waals surface area contributed by atoms with E-state index in [0.29, 0.717) is 13.1 Å². The highest BCUT2D eigenvalue weighted by molar-refractivity contribution is 5.78. The van der Waals surface area contributed by atoms with Crippen LogP contribution < -0.4 is 0 Å². The van der Waals surface area contributed by atoms with Crippen molar-refractivity contribution in [3.63, 3.8) is 0 Å². The Hall–Kier alpha value is -1.10. The lowest BCUT2D eigenvalue weighted by atomic mass is 10.1. The van der Waals surface area contributed by atoms with Gasteiger partial charge in [-0.3, -0.25) is 14.5 Å². The Morgan fingerprint density at radius 2 is 1.89 bits per heavy atom. The van der Waals surface area contributed by atoms with Gasteiger partial charge in [-0.2, -0.15) is 0 Å². The molecule has 0 spiro atoms. The van der Waals surface area contributed by atoms with Crippen LogP contribution in [-0.4, -0.2) is 59.5 Å². The van der Waals surface area contributed by atoms with Gasteiger partial charge in [0.15, 0.2) is 0 Å². The molecule has 1 atom stereocenters. The maximum absolute atomic E-state index is 12.2. The van der Waals surface area contributed by atoms with E-state index >= 15 is 0 Å². The highest BCUT2D eigenvalue weighted by atomic mass is 16.4. The summed E-state index contributed by atoms with van der Waals surface area (Å²) in [4.78, 5) is 27.0. The molecule has 1 aliphatic rings. The number of likely N-dealkylation sites (tertiary alicyclic amines) is 1. The van der Waals surface area contributed by atoms with E-state index in [1.165, 1.54) is 6.42 Å². The molecule has 0 aromatic heterocycles. The molecule has 0 radical (unpaired) electrons. The van der Waals surface area contributed by atoms with Gasteiger partial charge >= 0.3 is 5.97 Å². The molecular formula is C14H26N2O3. The van der Waals surface area contributed by atoms with Crippen molar-refractivity contribution in [2.45, 2.75) is 39.5 Å². The van der Waals surface area contributed by atoms with Crippen molar-refractivity contribution in [3.05, 3.63) is 0 Å². The zero-order chi connectivity index (χ0) is 14.3. The van der Waals surface area contributed by atoms with Gasteiger partial charge in [-0.05, 0) is 32.2 Å². The van der Waals surface area contributed by atoms with Crippen LogP contribution in [0.4, 0.5) is 0 Å². The monoisotopic (exact) mass is 270 g/mol. The van der Waals surface area contributed by atoms with Crippen molar-refractivity contribution >= 4 is 11.9 Å². The minimum Gasteiger partial charge on any atom is -0.481 e. The molecule has 19 heavy (non-hydrogen) atoms. The predicted octanol–water partition coefficient (Wildman–Crippen LogP) is 1.43. The Morgan fingerprint density at radius 3 is 2.42 bits per heavy atom. The van der Waals surface area contributed by atoms with Gasteiger partial charge in [-0.1, -0.05) is 13.8 Å². The summed E-state index contributed by atoms with van der Waals surface area (Å²) in [6, 6.07) is 0. The summed E-state index contributed by atoms with van der Waals surface area (Å²) in [6.07, 6.45) is 4.31. The topological polar surface area (TPSA) is 60.9 Å². The number of carbonyl (C=O) groups excluding carboxylic acids is 1. The third-order valence-electron chi connectivity index (χ3n) is 3.56. The molecule has 5 heteroatoms. The minimum atomic E-state index is -0.800. The number of hydrogen-bond donors (Lipinski definition) is 1. The molecule has 1 fully saturated rings. The Kier molecular flexibility index (Phi) is 6.84. The Labute approximate surface area is 115 Å². The summed E-state index contributed by atoms with van der Waals surface area (Å²) >= 11 is 0. The van der Waals surface area contributed by atoms with Crippen LogP contribution in [0.5, 0.6) is 0 Å². The second-order valence-corrected chi connectivity index (χ2v) is 5.42. The fourth-order valence-corrected chi connectivity index (χ4v) is 2.45. The number of carboxylic acids is 1. The molecule has 1 unspecified atom stereocenters. The standard InChI is InChI=1S/C14H26N2O3/c1-3-7-15(10-12(2)14(18)19)11-13(17)16-8-5-4-6-9-16/h12H,3-11H2,1-2H3,(H,18,19). The van der Waals surface area contributed by atoms with Gasteiger partial charge in [0, 0.05) is 19.6 Å². The van der Waals surface area contributed by atoms with Crippen LogP contribution >= 0.6 is 0 Å². The van der Waals surface area contributed by atoms with E-state index in [2.05, 4.69) is 0 Å². The summed E-state index contributed by atoms with van der Waals surface area (Å²) < 4.78 is 0. The molecule has 110 valence electrons. The predicted molar refractivity (Wildman–Crippen MR) is 74.0 cm³/mol. The summed E-state index contributed by atoms with van der Waals surface area (Å²) in [5.41, 5.74) is 0. The number of carboxylic acid groups (broad SMARTS) is 1. The first kappa shape index (κ1) is 16.0. The van der Waals surface area contributed by atoms with Gasteiger partial charge in [-0.15, -0.1) is 0 Å². The number of aliphatic carboxylic acids is 1. The SMILES string of the molecule is CCCN(CC(=O)N1CCCCC1)CC(C)C(=O)O. The summed E-state index contributed by atoms with van der Waals surface area (Å²) in [6.45, 7) is 7.02. The van der Waals surface area contributed by atoms with E-state index < -0.39 is 11.9 Å². The summed E-state index contributed by atoms with van der Waals surface area (Å²) in [5, 5.41) is 8.96. The van der Waals surface area contributed by atoms with E-state index in [1.54, 1.807) is 6.92 Å². The number of nitrogens with zero attached hydrogens (tertiary/aromatic N) is 2. The maximum Gasteiger partial charge on any atom is 0.307 e. The molecule has 0 aromatic carbocycles. The third-order valence-corrected chi connectivity index (χ3v) is 3.56. The third kappa shape index (κ3) is 5.59. The maximum atomic E-state index is 12.2. The van der Waals surface area contributed by atoms with Gasteiger partial charge in [0.25, 0.3) is 0 Å². The van der Waals surface area contributed by atoms with Crippen molar-refractivity contribution in [2.24, 2.45) is 5.92 Å². The Balaban J connectivity index is 2.46. The van der Waals surface area contributed by atoms with E-state index in [0.717, 1.165) is 38.9 Å². The van der Waals surface area contributed by atoms with E-state index in [9.17, 15) is 9.59 Å². The average Bonchev–Trinajstić information content (AvgIpc) is 2.39. The van der Waals surface area contributed by atoms with Crippen LogP contribution in [-0.2, 0) is 9.59 Å². The molecule has 1 amide bonds. The molecule has 0 saturated carbocycles. The van der Waals surface area contributed by atoms with Gasteiger partial charge in [0.1, 0.15) is 0 Å². The van der Waals surface area contributed by atoms with E-state index in [4.69, 9.17) is 5.11 Å². The van der Waals surface area contributed by atoms with Crippen LogP contribution in [0.3, 0.4) is 0 Å². The number of amides is 1. The van der Waals surface area contributed by atoms with Crippen molar-refractivity contribution < 1.29 is 14.7 Å². The lowest BCUT2D eigenvalue weighted by Gasteiger charge is -2.30. The number of hydrogen-bond acceptors (Lipinski definition) is 3. The zero-order valence-electron chi connectivity index (χ0n) is 12.1. The molecule has 1 saturated heterocycles. The quantitative estimate of drug-likeness (QED) is 0.760. The molecule has 0 bridgehead atoms. The Morgan fingerprint density at radius 1 is 1.26 bits per heavy atom. The first-order valence-electron chi connectivity index (χ1n) is 7.27. The average molecular weight is 270 g/mol. The summed E-state index contributed by atoms with van der Waals surface area (Å²) in [7, 11) is 0. The Bertz CT molecular complexity index is 301. The van der Waals surface area contributed by atoms with Crippen LogP contribution in [0.25, 0.3) is 0 Å². The van der Waals surface area contributed by atoms with Crippen molar-refractivity contribution in [3.8, 4) is 0 Å². The lowest BCUT2D eigenvalue weighted by Crippen LogP contribution is -2.44. The molecule has 0 aliphatic carbocycles. The van der Waals surface area contributed by atoms with Gasteiger partial charge < -0.3 is 10.0 Å². The number of carbonyl (C=O) groups is 2. The first-order chi connectivity index (χ1) is 9.04. The molecule has 0 aromatic rings. The van der Waals surface area contributed by atoms with E-state index in [1.807, 2.05) is 16.7 Å². The van der Waals surface area contributed by atoms with Gasteiger partial charge in [-0.25, -0.2) is 0 Å². The van der Waals surface area contributed by atoms with Gasteiger partial charge in [0.05, 0.1) is 12.5 Å². The van der Waals surface area contributed by atoms with Crippen LogP contribution in [0.1, 0.15) is 39.5 Å². The molecule has 1 rings (SSSR count). The summed E-state index contributed by atoms with van der Waals surface area (Å²) in [5.74, 6) is -1.09. The van der Waals surface area contributed by atoms with Crippen molar-refractivity contribution in [1.29, 1.82) is 0 Å². The number of rotatable bonds is 7. The molecule has 1 aliphatic heterocycles. The smallest absolute Gasteiger partial charge is 0.307 e. The van der Waals surface area contributed by atoms with E-state index in [-0.39, 0.29) is 5.91 Å². The largest absolute Gasteiger partial charge is 0.481 e.